The Labute approximate surface area is 742 Å². The van der Waals surface area contributed by atoms with Gasteiger partial charge in [0, 0.05) is 71.4 Å². The molecular weight excluding hydrogens is 1760 g/mol. The number of para-hydroxylation sites is 5. The molecule has 42 heteroatoms. The number of rotatable bonds is 14. The van der Waals surface area contributed by atoms with Crippen LogP contribution in [-0.4, -0.2) is 168 Å². The second kappa shape index (κ2) is 35.7. The number of aromatic nitrogens is 22. The fourth-order valence-corrected chi connectivity index (χ4v) is 15.8. The van der Waals surface area contributed by atoms with E-state index in [0.29, 0.717) is 97.0 Å². The minimum absolute atomic E-state index is 0.0432. The Hall–Kier alpha value is -16.6. The predicted molar refractivity (Wildman–Crippen MR) is 493 cm³/mol. The van der Waals surface area contributed by atoms with Gasteiger partial charge >= 0.3 is 6.18 Å². The number of nitrogens with two attached hydrogens (primary N) is 5. The molecule has 0 aliphatic heterocycles. The van der Waals surface area contributed by atoms with Gasteiger partial charge in [-0.15, -0.1) is 0 Å². The van der Waals surface area contributed by atoms with Gasteiger partial charge in [0.1, 0.15) is 28.5 Å². The molecule has 0 aliphatic rings. The van der Waals surface area contributed by atoms with E-state index >= 15 is 0 Å². The summed E-state index contributed by atoms with van der Waals surface area (Å²) in [6, 6.07) is 55.5. The summed E-state index contributed by atoms with van der Waals surface area (Å²) in [4.78, 5) is 90.6. The van der Waals surface area contributed by atoms with Crippen molar-refractivity contribution >= 4 is 124 Å². The molecule has 0 bridgehead atoms. The van der Waals surface area contributed by atoms with Gasteiger partial charge in [-0.1, -0.05) is 84.9 Å². The third-order valence-electron chi connectivity index (χ3n) is 20.0. The maximum Gasteiger partial charge on any atom is 0.416 e. The normalized spacial score (nSPS) is 11.8. The summed E-state index contributed by atoms with van der Waals surface area (Å²) in [5.74, 6) is 3.46. The Morgan fingerprint density at radius 3 is 1.02 bits per heavy atom. The number of aryl methyl sites for hydroxylation is 1. The summed E-state index contributed by atoms with van der Waals surface area (Å²) in [6.45, 7) is 1.99. The number of halogens is 3. The maximum atomic E-state index is 12.9. The number of sulfone groups is 4. The second-order valence-electron chi connectivity index (χ2n) is 29.4. The third-order valence-corrected chi connectivity index (χ3v) is 24.5. The minimum atomic E-state index is -4.48. The van der Waals surface area contributed by atoms with Gasteiger partial charge in [0.05, 0.1) is 146 Å². The average Bonchev–Trinajstić information content (AvgIpc) is 1.66. The highest BCUT2D eigenvalue weighted by Crippen LogP contribution is 2.36. The molecule has 0 saturated heterocycles. The van der Waals surface area contributed by atoms with Crippen LogP contribution in [0.5, 0.6) is 0 Å². The summed E-state index contributed by atoms with van der Waals surface area (Å²) in [5, 5.41) is 0. The lowest BCUT2D eigenvalue weighted by Crippen LogP contribution is -2.04. The van der Waals surface area contributed by atoms with Gasteiger partial charge in [0.15, 0.2) is 97.6 Å². The van der Waals surface area contributed by atoms with Crippen molar-refractivity contribution in [1.82, 2.24) is 110 Å². The summed E-state index contributed by atoms with van der Waals surface area (Å²) in [6.07, 6.45) is 14.6. The van der Waals surface area contributed by atoms with Crippen LogP contribution in [0.4, 0.5) is 42.3 Å². The van der Waals surface area contributed by atoms with E-state index in [1.165, 1.54) is 61.5 Å². The number of nitrogens with zero attached hydrogens (tertiary/aromatic N) is 17. The van der Waals surface area contributed by atoms with Crippen LogP contribution in [0.2, 0.25) is 0 Å². The molecule has 15 N–H and O–H groups in total. The van der Waals surface area contributed by atoms with E-state index in [4.69, 9.17) is 28.7 Å². The summed E-state index contributed by atoms with van der Waals surface area (Å²) in [5.41, 5.74) is 45.7. The largest absolute Gasteiger partial charge is 0.416 e. The molecule has 0 atom stereocenters. The molecule has 12 aromatic heterocycles. The quantitative estimate of drug-likeness (QED) is 0.0483. The molecule has 20 rings (SSSR count). The van der Waals surface area contributed by atoms with Gasteiger partial charge in [-0.3, -0.25) is 9.97 Å². The number of nitrogens with one attached hydrogen (secondary N) is 5. The zero-order valence-electron chi connectivity index (χ0n) is 69.3. The van der Waals surface area contributed by atoms with Crippen molar-refractivity contribution in [2.75, 3.05) is 53.7 Å². The zero-order valence-corrected chi connectivity index (χ0v) is 72.5. The molecule has 12 heterocycles. The molecule has 35 nitrogen and oxygen atoms in total. The molecule has 0 spiro atoms. The van der Waals surface area contributed by atoms with Gasteiger partial charge in [-0.05, 0) is 128 Å². The Kier molecular flexibility index (Phi) is 23.9. The first-order valence-electron chi connectivity index (χ1n) is 39.0. The number of H-pyrrole nitrogens is 5. The molecule has 0 aliphatic carbocycles. The Morgan fingerprint density at radius 2 is 0.626 bits per heavy atom. The molecule has 0 unspecified atom stereocenters. The van der Waals surface area contributed by atoms with Crippen molar-refractivity contribution in [2.45, 2.75) is 32.7 Å². The lowest BCUT2D eigenvalue weighted by atomic mass is 10.1. The van der Waals surface area contributed by atoms with Gasteiger partial charge in [0.2, 0.25) is 0 Å². The van der Waals surface area contributed by atoms with Crippen LogP contribution in [-0.2, 0) is 45.5 Å². The van der Waals surface area contributed by atoms with Crippen molar-refractivity contribution in [1.29, 1.82) is 0 Å². The van der Waals surface area contributed by atoms with Gasteiger partial charge in [-0.25, -0.2) is 108 Å². The molecule has 131 heavy (non-hydrogen) atoms. The molecule has 0 radical (unpaired) electrons. The molecule has 0 fully saturated rings. The van der Waals surface area contributed by atoms with E-state index in [2.05, 4.69) is 110 Å². The first-order chi connectivity index (χ1) is 62.5. The molecule has 0 saturated carbocycles. The van der Waals surface area contributed by atoms with Gasteiger partial charge < -0.3 is 53.6 Å². The van der Waals surface area contributed by atoms with E-state index in [9.17, 15) is 46.8 Å². The van der Waals surface area contributed by atoms with Crippen LogP contribution in [0.15, 0.2) is 276 Å². The Balaban J connectivity index is 0.000000120. The predicted octanol–water partition coefficient (Wildman–Crippen LogP) is 14.1. The lowest BCUT2D eigenvalue weighted by Gasteiger charge is -2.06. The third kappa shape index (κ3) is 19.8. The molecule has 20 aromatic rings. The van der Waals surface area contributed by atoms with Crippen LogP contribution < -0.4 is 28.7 Å². The highest BCUT2D eigenvalue weighted by Gasteiger charge is 2.31. The van der Waals surface area contributed by atoms with E-state index in [1.54, 1.807) is 122 Å². The number of alkyl halides is 3. The Morgan fingerprint density at radius 1 is 0.282 bits per heavy atom. The number of benzene rings is 8. The number of hydrogen-bond acceptors (Lipinski definition) is 30. The zero-order chi connectivity index (χ0) is 92.4. The fraction of sp³-hybridized carbons (Fsp3) is 0.0674. The van der Waals surface area contributed by atoms with Crippen molar-refractivity contribution in [3.8, 4) is 114 Å². The van der Waals surface area contributed by atoms with E-state index in [1.807, 2.05) is 85.8 Å². The van der Waals surface area contributed by atoms with Crippen LogP contribution in [0, 0.1) is 6.92 Å². The topological polar surface area (TPSA) is 565 Å². The standard InChI is InChI=1S/C19H14F3N5O2S.C19H17N5O2S.C18H15N5O2S.C17H14N6O2S.C16H12N6/c1-30(28,29)12-5-2-10(3-6-12)15-9-24-17(23)16(25-15)18-26-13-7-4-11(19(20,21)22)8-14(13)27-18;1-11-4-3-5-14-16(11)24-19(23-14)17-18(20)21-10-15(22-17)12-6-8-13(9-7-12)27(2,25)26;1-26(24,25)12-6-4-5-11(9-12)15-10-20-17(19)16(21-15)18-22-13-7-2-3-8-14(13)23-18;1-26(24,25)11-4-2-10(3-5-11)13-9-20-16(18)15(21-13)17-22-12-6-7-19-8-14(12)23-17;17-15-14(16-21-11-5-1-2-6-12(11)22-16)20-13(9-19-15)10-4-3-7-18-8-10/h2-9H,1H3,(H2,23,24)(H,26,27);3-10H,1-2H3,(H2,20,21)(H,23,24);2-10H,1H3,(H2,19,20)(H,22,23);2-9H,1H3,(H2,18,20)(H,22,23);1-9H,(H2,17,19)(H,21,22). The first-order valence-corrected chi connectivity index (χ1v) is 46.5. The maximum absolute atomic E-state index is 12.9. The molecular formula is C89H72F3N27O8S4. The number of fused-ring (bicyclic) bond motifs is 5. The van der Waals surface area contributed by atoms with Crippen LogP contribution in [0.25, 0.3) is 169 Å². The van der Waals surface area contributed by atoms with Crippen LogP contribution in [0.3, 0.4) is 0 Å². The highest BCUT2D eigenvalue weighted by molar-refractivity contribution is 7.91. The number of aromatic amines is 5. The van der Waals surface area contributed by atoms with Crippen molar-refractivity contribution in [3.63, 3.8) is 0 Å². The number of anilines is 5. The highest BCUT2D eigenvalue weighted by atomic mass is 32.2. The van der Waals surface area contributed by atoms with Gasteiger partial charge in [0.25, 0.3) is 0 Å². The van der Waals surface area contributed by atoms with E-state index < -0.39 is 51.1 Å². The SMILES string of the molecule is CS(=O)(=O)c1ccc(-c2cnc(N)c(-c3nc4ccc(C(F)(F)F)cc4[nH]3)n2)cc1.CS(=O)(=O)c1ccc(-c2cnc(N)c(-c3nc4ccncc4[nH]3)n2)cc1.CS(=O)(=O)c1cccc(-c2cnc(N)c(-c3nc4ccccc4[nH]3)n2)c1.Cc1cccc2[nH]c(-c3nc(-c4ccc(S(C)(=O)=O)cc4)cnc3N)nc12.Nc1ncc(-c2cccnc2)nc1-c1nc2ccccc2[nH]1. The number of hydrogen-bond donors (Lipinski definition) is 10. The van der Waals surface area contributed by atoms with Crippen LogP contribution in [0.1, 0.15) is 11.1 Å². The molecule has 0 amide bonds. The number of pyridine rings is 2. The monoisotopic (exact) mass is 1830 g/mol. The first kappa shape index (κ1) is 87.9. The van der Waals surface area contributed by atoms with Crippen LogP contribution >= 0.6 is 0 Å². The average molecular weight is 1830 g/mol. The van der Waals surface area contributed by atoms with E-state index in [0.717, 1.165) is 84.8 Å². The summed E-state index contributed by atoms with van der Waals surface area (Å²) < 4.78 is 132. The number of imidazole rings is 5. The second-order valence-corrected chi connectivity index (χ2v) is 37.5. The van der Waals surface area contributed by atoms with Crippen molar-refractivity contribution in [2.24, 2.45) is 0 Å². The Bertz CT molecular complexity index is 8160. The van der Waals surface area contributed by atoms with Crippen molar-refractivity contribution < 1.29 is 46.8 Å². The van der Waals surface area contributed by atoms with E-state index in [-0.39, 0.29) is 59.9 Å². The molecule has 656 valence electrons. The fourth-order valence-electron chi connectivity index (χ4n) is 13.3. The smallest absolute Gasteiger partial charge is 0.382 e. The minimum Gasteiger partial charge on any atom is -0.382 e. The molecule has 8 aromatic carbocycles. The number of nitrogen functional groups attached to an aromatic ring is 5. The summed E-state index contributed by atoms with van der Waals surface area (Å²) in [7, 11) is -13.2. The van der Waals surface area contributed by atoms with Gasteiger partial charge in [-0.2, -0.15) is 13.2 Å². The summed E-state index contributed by atoms with van der Waals surface area (Å²) >= 11 is 0. The lowest BCUT2D eigenvalue weighted by molar-refractivity contribution is -0.137. The van der Waals surface area contributed by atoms with Crippen molar-refractivity contribution in [3.05, 3.63) is 267 Å².